The van der Waals surface area contributed by atoms with E-state index in [4.69, 9.17) is 9.52 Å². The van der Waals surface area contributed by atoms with Gasteiger partial charge in [0.15, 0.2) is 5.58 Å². The monoisotopic (exact) mass is 257 g/mol. The van der Waals surface area contributed by atoms with Crippen LogP contribution in [0.5, 0.6) is 0 Å². The van der Waals surface area contributed by atoms with Gasteiger partial charge in [-0.05, 0) is 30.3 Å². The van der Waals surface area contributed by atoms with Crippen LogP contribution in [-0.4, -0.2) is 16.1 Å². The molecule has 0 saturated heterocycles. The highest BCUT2D eigenvalue weighted by Gasteiger charge is 2.11. The number of hydrogen-bond acceptors (Lipinski definition) is 3. The number of benzene rings is 2. The van der Waals surface area contributed by atoms with Crippen molar-refractivity contribution in [3.63, 3.8) is 0 Å². The van der Waals surface area contributed by atoms with Crippen LogP contribution in [0.25, 0.3) is 22.6 Å². The van der Waals surface area contributed by atoms with Crippen LogP contribution in [-0.2, 0) is 0 Å². The van der Waals surface area contributed by atoms with Crippen molar-refractivity contribution in [2.75, 3.05) is 0 Å². The number of aromatic carboxylic acids is 1. The minimum absolute atomic E-state index is 0.144. The predicted octanol–water partition coefficient (Wildman–Crippen LogP) is 3.33. The van der Waals surface area contributed by atoms with Crippen LogP contribution in [0.4, 0.5) is 4.39 Å². The number of carboxylic acids is 1. The Morgan fingerprint density at radius 1 is 1.21 bits per heavy atom. The largest absolute Gasteiger partial charge is 0.478 e. The lowest BCUT2D eigenvalue weighted by atomic mass is 10.1. The molecule has 1 aromatic heterocycles. The molecule has 19 heavy (non-hydrogen) atoms. The third kappa shape index (κ3) is 2.06. The molecule has 0 bridgehead atoms. The molecule has 0 aliphatic heterocycles. The second-order valence-electron chi connectivity index (χ2n) is 4.02. The van der Waals surface area contributed by atoms with E-state index in [2.05, 4.69) is 4.98 Å². The number of hydrogen-bond donors (Lipinski definition) is 1. The van der Waals surface area contributed by atoms with Crippen molar-refractivity contribution in [1.29, 1.82) is 0 Å². The molecule has 1 heterocycles. The van der Waals surface area contributed by atoms with Crippen LogP contribution < -0.4 is 0 Å². The van der Waals surface area contributed by atoms with Gasteiger partial charge in [0.2, 0.25) is 5.89 Å². The van der Waals surface area contributed by atoms with Gasteiger partial charge in [0, 0.05) is 11.6 Å². The molecule has 0 atom stereocenters. The Balaban J connectivity index is 2.13. The van der Waals surface area contributed by atoms with E-state index in [1.165, 1.54) is 30.3 Å². The van der Waals surface area contributed by atoms with Gasteiger partial charge < -0.3 is 9.52 Å². The van der Waals surface area contributed by atoms with Crippen molar-refractivity contribution in [3.8, 4) is 11.5 Å². The van der Waals surface area contributed by atoms with E-state index in [0.717, 1.165) is 0 Å². The Morgan fingerprint density at radius 2 is 2.05 bits per heavy atom. The fourth-order valence-electron chi connectivity index (χ4n) is 1.81. The van der Waals surface area contributed by atoms with Gasteiger partial charge in [-0.2, -0.15) is 0 Å². The molecular formula is C14H8FNO3. The topological polar surface area (TPSA) is 63.3 Å². The van der Waals surface area contributed by atoms with Gasteiger partial charge in [-0.1, -0.05) is 6.07 Å². The van der Waals surface area contributed by atoms with Crippen LogP contribution in [0.1, 0.15) is 10.4 Å². The minimum atomic E-state index is -1.02. The molecule has 0 fully saturated rings. The average Bonchev–Trinajstić information content (AvgIpc) is 2.81. The summed E-state index contributed by atoms with van der Waals surface area (Å²) in [4.78, 5) is 15.0. The maximum Gasteiger partial charge on any atom is 0.335 e. The van der Waals surface area contributed by atoms with Crippen molar-refractivity contribution in [2.24, 2.45) is 0 Å². The van der Waals surface area contributed by atoms with E-state index in [1.807, 2.05) is 0 Å². The normalized spacial score (nSPS) is 10.8. The van der Waals surface area contributed by atoms with Gasteiger partial charge in [0.05, 0.1) is 5.56 Å². The van der Waals surface area contributed by atoms with Crippen LogP contribution in [0.15, 0.2) is 46.9 Å². The lowest BCUT2D eigenvalue weighted by molar-refractivity contribution is 0.0697. The molecule has 0 unspecified atom stereocenters. The van der Waals surface area contributed by atoms with Crippen molar-refractivity contribution < 1.29 is 18.7 Å². The highest BCUT2D eigenvalue weighted by Crippen LogP contribution is 2.25. The molecule has 4 nitrogen and oxygen atoms in total. The summed E-state index contributed by atoms with van der Waals surface area (Å²) in [6.45, 7) is 0. The Kier molecular flexibility index (Phi) is 2.52. The first-order valence-electron chi connectivity index (χ1n) is 5.53. The number of fused-ring (bicyclic) bond motifs is 1. The van der Waals surface area contributed by atoms with E-state index in [-0.39, 0.29) is 11.5 Å². The third-order valence-electron chi connectivity index (χ3n) is 2.71. The molecule has 2 aromatic carbocycles. The zero-order chi connectivity index (χ0) is 13.4. The number of carboxylic acid groups (broad SMARTS) is 1. The summed E-state index contributed by atoms with van der Waals surface area (Å²) in [5.41, 5.74) is 1.54. The highest BCUT2D eigenvalue weighted by molar-refractivity contribution is 5.89. The molecule has 3 aromatic rings. The van der Waals surface area contributed by atoms with Gasteiger partial charge in [0.25, 0.3) is 0 Å². The van der Waals surface area contributed by atoms with Crippen molar-refractivity contribution in [3.05, 3.63) is 53.8 Å². The molecule has 5 heteroatoms. The summed E-state index contributed by atoms with van der Waals surface area (Å²) >= 11 is 0. The van der Waals surface area contributed by atoms with Crippen molar-refractivity contribution >= 4 is 17.1 Å². The summed E-state index contributed by atoms with van der Waals surface area (Å²) in [6, 6.07) is 10.3. The number of rotatable bonds is 2. The fourth-order valence-corrected chi connectivity index (χ4v) is 1.81. The quantitative estimate of drug-likeness (QED) is 0.764. The van der Waals surface area contributed by atoms with Gasteiger partial charge in [-0.25, -0.2) is 14.2 Å². The average molecular weight is 257 g/mol. The molecule has 0 spiro atoms. The molecule has 0 amide bonds. The molecule has 0 saturated carbocycles. The summed E-state index contributed by atoms with van der Waals surface area (Å²) < 4.78 is 18.5. The summed E-state index contributed by atoms with van der Waals surface area (Å²) in [6.07, 6.45) is 0. The number of nitrogens with zero attached hydrogens (tertiary/aromatic N) is 1. The van der Waals surface area contributed by atoms with Crippen molar-refractivity contribution in [2.45, 2.75) is 0 Å². The Labute approximate surface area is 107 Å². The first-order chi connectivity index (χ1) is 9.13. The second-order valence-corrected chi connectivity index (χ2v) is 4.02. The minimum Gasteiger partial charge on any atom is -0.478 e. The Bertz CT molecular complexity index is 779. The second kappa shape index (κ2) is 4.20. The van der Waals surface area contributed by atoms with E-state index in [0.29, 0.717) is 16.7 Å². The molecule has 94 valence electrons. The van der Waals surface area contributed by atoms with Gasteiger partial charge >= 0.3 is 5.97 Å². The summed E-state index contributed by atoms with van der Waals surface area (Å²) in [5, 5.41) is 8.93. The maximum absolute atomic E-state index is 13.1. The molecule has 3 rings (SSSR count). The summed E-state index contributed by atoms with van der Waals surface area (Å²) in [5.74, 6) is -1.15. The Morgan fingerprint density at radius 3 is 2.84 bits per heavy atom. The third-order valence-corrected chi connectivity index (χ3v) is 2.71. The smallest absolute Gasteiger partial charge is 0.335 e. The van der Waals surface area contributed by atoms with Gasteiger partial charge in [0.1, 0.15) is 11.3 Å². The predicted molar refractivity (Wildman–Crippen MR) is 66.4 cm³/mol. The lowest BCUT2D eigenvalue weighted by Crippen LogP contribution is -1.95. The van der Waals surface area contributed by atoms with Crippen LogP contribution >= 0.6 is 0 Å². The number of carbonyl (C=O) groups is 1. The molecule has 1 N–H and O–H groups in total. The molecule has 0 aliphatic rings. The standard InChI is InChI=1S/C14H8FNO3/c15-10-4-5-12-11(7-10)16-13(19-12)8-2-1-3-9(6-8)14(17)18/h1-7H,(H,17,18). The lowest BCUT2D eigenvalue weighted by Gasteiger charge is -1.97. The Hall–Kier alpha value is -2.69. The van der Waals surface area contributed by atoms with E-state index >= 15 is 0 Å². The van der Waals surface area contributed by atoms with Crippen LogP contribution in [0, 0.1) is 5.82 Å². The van der Waals surface area contributed by atoms with E-state index in [1.54, 1.807) is 12.1 Å². The van der Waals surface area contributed by atoms with Gasteiger partial charge in [-0.15, -0.1) is 0 Å². The highest BCUT2D eigenvalue weighted by atomic mass is 19.1. The summed E-state index contributed by atoms with van der Waals surface area (Å²) in [7, 11) is 0. The molecule has 0 aliphatic carbocycles. The number of oxazole rings is 1. The first kappa shape index (κ1) is 11.4. The van der Waals surface area contributed by atoms with E-state index in [9.17, 15) is 9.18 Å². The van der Waals surface area contributed by atoms with Gasteiger partial charge in [-0.3, -0.25) is 0 Å². The van der Waals surface area contributed by atoms with E-state index < -0.39 is 11.8 Å². The first-order valence-corrected chi connectivity index (χ1v) is 5.53. The molecule has 0 radical (unpaired) electrons. The van der Waals surface area contributed by atoms with Crippen LogP contribution in [0.2, 0.25) is 0 Å². The number of halogens is 1. The van der Waals surface area contributed by atoms with Crippen LogP contribution in [0.3, 0.4) is 0 Å². The van der Waals surface area contributed by atoms with Crippen molar-refractivity contribution in [1.82, 2.24) is 4.98 Å². The zero-order valence-corrected chi connectivity index (χ0v) is 9.63. The maximum atomic E-state index is 13.1. The number of aromatic nitrogens is 1. The fraction of sp³-hybridized carbons (Fsp3) is 0. The molecular weight excluding hydrogens is 249 g/mol. The zero-order valence-electron chi connectivity index (χ0n) is 9.63. The SMILES string of the molecule is O=C(O)c1cccc(-c2nc3cc(F)ccc3o2)c1.